The molecule has 8 heteroatoms. The van der Waals surface area contributed by atoms with Crippen molar-refractivity contribution in [2.45, 2.75) is 76.3 Å². The zero-order valence-electron chi connectivity index (χ0n) is 22.9. The zero-order valence-corrected chi connectivity index (χ0v) is 22.9. The van der Waals surface area contributed by atoms with E-state index >= 15 is 0 Å². The lowest BCUT2D eigenvalue weighted by Gasteiger charge is -2.39. The van der Waals surface area contributed by atoms with Crippen LogP contribution in [0.2, 0.25) is 0 Å². The lowest BCUT2D eigenvalue weighted by molar-refractivity contribution is -0.151. The van der Waals surface area contributed by atoms with Gasteiger partial charge in [-0.15, -0.1) is 0 Å². The third-order valence-corrected chi connectivity index (χ3v) is 9.35. The second kappa shape index (κ2) is 10.7. The monoisotopic (exact) mass is 533 g/mol. The number of ether oxygens (including phenoxy) is 1. The number of likely N-dealkylation sites (tertiary alicyclic amines) is 1. The molecule has 39 heavy (non-hydrogen) atoms. The molecule has 2 unspecified atom stereocenters. The van der Waals surface area contributed by atoms with Crippen LogP contribution < -0.4 is 10.6 Å². The van der Waals surface area contributed by atoms with Gasteiger partial charge in [-0.1, -0.05) is 75.7 Å². The Kier molecular flexibility index (Phi) is 7.53. The Balaban J connectivity index is 1.54. The number of fused-ring (bicyclic) bond motifs is 1. The van der Waals surface area contributed by atoms with E-state index in [2.05, 4.69) is 10.6 Å². The summed E-state index contributed by atoms with van der Waals surface area (Å²) in [5, 5.41) is 16.5. The smallest absolute Gasteiger partial charge is 0.246 e. The van der Waals surface area contributed by atoms with Gasteiger partial charge in [-0.05, 0) is 42.9 Å². The second-order valence-corrected chi connectivity index (χ2v) is 11.3. The van der Waals surface area contributed by atoms with Gasteiger partial charge in [0.25, 0.3) is 0 Å². The number of aliphatic hydroxyl groups is 1. The maximum atomic E-state index is 14.4. The van der Waals surface area contributed by atoms with Crippen LogP contribution in [0.1, 0.15) is 52.0 Å². The Morgan fingerprint density at radius 2 is 1.72 bits per heavy atom. The summed E-state index contributed by atoms with van der Waals surface area (Å²) in [6.45, 7) is 5.99. The summed E-state index contributed by atoms with van der Waals surface area (Å²) in [7, 11) is 0. The van der Waals surface area contributed by atoms with Crippen LogP contribution in [-0.4, -0.2) is 57.6 Å². The Hall–Kier alpha value is -3.23. The Bertz CT molecular complexity index is 1210. The van der Waals surface area contributed by atoms with Crippen molar-refractivity contribution in [1.29, 1.82) is 0 Å². The summed E-state index contributed by atoms with van der Waals surface area (Å²) < 4.78 is 6.82. The topological polar surface area (TPSA) is 108 Å². The minimum absolute atomic E-state index is 0.0486. The molecule has 3 amide bonds. The molecule has 208 valence electrons. The van der Waals surface area contributed by atoms with Gasteiger partial charge in [-0.3, -0.25) is 14.4 Å². The molecule has 7 atom stereocenters. The highest BCUT2D eigenvalue weighted by molar-refractivity contribution is 6.02. The van der Waals surface area contributed by atoms with Crippen molar-refractivity contribution in [2.75, 3.05) is 11.9 Å². The SMILES string of the molecule is CC[C@H](C)[C@H](CO)N1C(=O)[C@@H]2[C@H](C(=O)Nc3ccccc3)[C@]3(CC)CCC2(O3)C1C(=O)NCc1ccccc1. The van der Waals surface area contributed by atoms with E-state index < -0.39 is 35.1 Å². The third kappa shape index (κ3) is 4.43. The van der Waals surface area contributed by atoms with Crippen LogP contribution in [0.5, 0.6) is 0 Å². The maximum absolute atomic E-state index is 14.4. The summed E-state index contributed by atoms with van der Waals surface area (Å²) in [6.07, 6.45) is 2.37. The van der Waals surface area contributed by atoms with Crippen LogP contribution >= 0.6 is 0 Å². The predicted molar refractivity (Wildman–Crippen MR) is 147 cm³/mol. The quantitative estimate of drug-likeness (QED) is 0.433. The van der Waals surface area contributed by atoms with Gasteiger partial charge < -0.3 is 25.4 Å². The van der Waals surface area contributed by atoms with E-state index in [1.807, 2.05) is 81.4 Å². The molecule has 3 saturated heterocycles. The molecular formula is C31H39N3O5. The minimum Gasteiger partial charge on any atom is -0.394 e. The van der Waals surface area contributed by atoms with Gasteiger partial charge in [0.2, 0.25) is 17.7 Å². The average molecular weight is 534 g/mol. The molecule has 2 aromatic carbocycles. The van der Waals surface area contributed by atoms with Crippen LogP contribution in [0.4, 0.5) is 5.69 Å². The number of aliphatic hydroxyl groups excluding tert-OH is 1. The first-order valence-electron chi connectivity index (χ1n) is 14.1. The number of rotatable bonds is 10. The largest absolute Gasteiger partial charge is 0.394 e. The summed E-state index contributed by atoms with van der Waals surface area (Å²) in [5.74, 6) is -2.45. The van der Waals surface area contributed by atoms with Crippen LogP contribution in [0.15, 0.2) is 60.7 Å². The highest BCUT2D eigenvalue weighted by Gasteiger charge is 2.79. The van der Waals surface area contributed by atoms with Gasteiger partial charge in [-0.2, -0.15) is 0 Å². The highest BCUT2D eigenvalue weighted by Crippen LogP contribution is 2.64. The van der Waals surface area contributed by atoms with Crippen molar-refractivity contribution in [3.05, 3.63) is 66.2 Å². The molecule has 3 heterocycles. The van der Waals surface area contributed by atoms with Crippen LogP contribution in [0, 0.1) is 17.8 Å². The molecule has 3 fully saturated rings. The van der Waals surface area contributed by atoms with E-state index in [9.17, 15) is 19.5 Å². The van der Waals surface area contributed by atoms with Gasteiger partial charge in [-0.25, -0.2) is 0 Å². The lowest BCUT2D eigenvalue weighted by Crippen LogP contribution is -2.59. The average Bonchev–Trinajstić information content (AvgIpc) is 3.57. The Labute approximate surface area is 230 Å². The number of hydrogen-bond acceptors (Lipinski definition) is 5. The summed E-state index contributed by atoms with van der Waals surface area (Å²) in [5.41, 5.74) is -0.363. The molecular weight excluding hydrogens is 494 g/mol. The molecule has 2 bridgehead atoms. The van der Waals surface area contributed by atoms with Crippen molar-refractivity contribution in [1.82, 2.24) is 10.2 Å². The predicted octanol–water partition coefficient (Wildman–Crippen LogP) is 3.50. The molecule has 3 N–H and O–H groups in total. The second-order valence-electron chi connectivity index (χ2n) is 11.3. The molecule has 3 aliphatic rings. The first kappa shape index (κ1) is 27.3. The van der Waals surface area contributed by atoms with E-state index in [4.69, 9.17) is 4.74 Å². The van der Waals surface area contributed by atoms with E-state index in [1.165, 1.54) is 0 Å². The van der Waals surface area contributed by atoms with E-state index in [-0.39, 0.29) is 30.2 Å². The number of amides is 3. The number of nitrogens with one attached hydrogen (secondary N) is 2. The standard InChI is InChI=1S/C31H39N3O5/c1-4-20(3)23(19-35)34-26(28(37)32-18-21-12-8-6-9-13-21)31-17-16-30(5-2,39-31)24(25(31)29(34)38)27(36)33-22-14-10-7-11-15-22/h6-15,20,23-26,35H,4-5,16-19H2,1-3H3,(H,32,37)(H,33,36)/t20-,23-,24+,25-,26?,30-,31?/m0/s1. The maximum Gasteiger partial charge on any atom is 0.246 e. The Morgan fingerprint density at radius 3 is 2.33 bits per heavy atom. The van der Waals surface area contributed by atoms with Crippen molar-refractivity contribution >= 4 is 23.4 Å². The van der Waals surface area contributed by atoms with Crippen LogP contribution in [-0.2, 0) is 25.7 Å². The van der Waals surface area contributed by atoms with Crippen LogP contribution in [0.3, 0.4) is 0 Å². The lowest BCUT2D eigenvalue weighted by atomic mass is 9.65. The highest BCUT2D eigenvalue weighted by atomic mass is 16.5. The summed E-state index contributed by atoms with van der Waals surface area (Å²) >= 11 is 0. The number of carbonyl (C=O) groups excluding carboxylic acids is 3. The number of hydrogen-bond donors (Lipinski definition) is 3. The number of benzene rings is 2. The molecule has 0 saturated carbocycles. The number of nitrogens with zero attached hydrogens (tertiary/aromatic N) is 1. The first-order valence-corrected chi connectivity index (χ1v) is 14.1. The van der Waals surface area contributed by atoms with Crippen molar-refractivity contribution < 1.29 is 24.2 Å². The third-order valence-electron chi connectivity index (χ3n) is 9.35. The van der Waals surface area contributed by atoms with E-state index in [1.54, 1.807) is 4.90 Å². The van der Waals surface area contributed by atoms with Gasteiger partial charge in [0.15, 0.2) is 0 Å². The van der Waals surface area contributed by atoms with Gasteiger partial charge in [0.1, 0.15) is 11.6 Å². The summed E-state index contributed by atoms with van der Waals surface area (Å²) in [6, 6.07) is 17.3. The summed E-state index contributed by atoms with van der Waals surface area (Å²) in [4.78, 5) is 43.8. The molecule has 3 aliphatic heterocycles. The fourth-order valence-corrected chi connectivity index (χ4v) is 7.15. The molecule has 8 nitrogen and oxygen atoms in total. The number of carbonyl (C=O) groups is 3. The minimum atomic E-state index is -1.13. The zero-order chi connectivity index (χ0) is 27.8. The van der Waals surface area contributed by atoms with E-state index in [0.717, 1.165) is 12.0 Å². The Morgan fingerprint density at radius 1 is 1.05 bits per heavy atom. The molecule has 0 radical (unpaired) electrons. The van der Waals surface area contributed by atoms with Gasteiger partial charge in [0, 0.05) is 12.2 Å². The molecule has 5 rings (SSSR count). The van der Waals surface area contributed by atoms with Crippen molar-refractivity contribution in [3.63, 3.8) is 0 Å². The first-order chi connectivity index (χ1) is 18.8. The van der Waals surface area contributed by atoms with E-state index in [0.29, 0.717) is 31.5 Å². The molecule has 0 aromatic heterocycles. The van der Waals surface area contributed by atoms with Crippen LogP contribution in [0.25, 0.3) is 0 Å². The molecule has 0 aliphatic carbocycles. The fraction of sp³-hybridized carbons (Fsp3) is 0.516. The normalized spacial score (nSPS) is 30.6. The number of anilines is 1. The van der Waals surface area contributed by atoms with Crippen molar-refractivity contribution in [3.8, 4) is 0 Å². The molecule has 1 spiro atoms. The van der Waals surface area contributed by atoms with Gasteiger partial charge in [0.05, 0.1) is 30.1 Å². The molecule has 2 aromatic rings. The van der Waals surface area contributed by atoms with Crippen molar-refractivity contribution in [2.24, 2.45) is 17.8 Å². The number of para-hydroxylation sites is 1. The fourth-order valence-electron chi connectivity index (χ4n) is 7.15. The van der Waals surface area contributed by atoms with Gasteiger partial charge >= 0.3 is 0 Å².